The smallest absolute Gasteiger partial charge is 0.253 e. The van der Waals surface area contributed by atoms with Crippen molar-refractivity contribution in [3.63, 3.8) is 0 Å². The highest BCUT2D eigenvalue weighted by molar-refractivity contribution is 5.99. The van der Waals surface area contributed by atoms with Crippen LogP contribution < -0.4 is 4.90 Å². The molecule has 1 N–H and O–H groups in total. The number of nitrogens with zero attached hydrogens (tertiary/aromatic N) is 5. The molecule has 0 radical (unpaired) electrons. The summed E-state index contributed by atoms with van der Waals surface area (Å²) in [6, 6.07) is 16.8. The molecule has 0 spiro atoms. The SMILES string of the molecule is CN1CCN(c2ccc(-c3cnc4[nH]cc(-c5ccc6c(c5)CCN(C)C6=O)c4c3)cc2C#N)CC1. The maximum absolute atomic E-state index is 12.5. The van der Waals surface area contributed by atoms with Crippen LogP contribution in [0, 0.1) is 11.3 Å². The lowest BCUT2D eigenvalue weighted by Gasteiger charge is -2.34. The molecular formula is C29H28N6O. The molecule has 36 heavy (non-hydrogen) atoms. The van der Waals surface area contributed by atoms with Gasteiger partial charge in [-0.3, -0.25) is 4.79 Å². The minimum Gasteiger partial charge on any atom is -0.368 e. The van der Waals surface area contributed by atoms with Crippen molar-refractivity contribution in [2.45, 2.75) is 6.42 Å². The number of aromatic nitrogens is 2. The van der Waals surface area contributed by atoms with Gasteiger partial charge in [0.15, 0.2) is 0 Å². The first-order valence-corrected chi connectivity index (χ1v) is 12.4. The van der Waals surface area contributed by atoms with Gasteiger partial charge < -0.3 is 19.7 Å². The number of piperazine rings is 1. The predicted molar refractivity (Wildman–Crippen MR) is 142 cm³/mol. The van der Waals surface area contributed by atoms with Gasteiger partial charge >= 0.3 is 0 Å². The number of fused-ring (bicyclic) bond motifs is 2. The molecule has 7 nitrogen and oxygen atoms in total. The van der Waals surface area contributed by atoms with Crippen LogP contribution in [0.1, 0.15) is 21.5 Å². The number of H-pyrrole nitrogens is 1. The van der Waals surface area contributed by atoms with E-state index in [0.717, 1.165) is 89.2 Å². The molecule has 1 saturated heterocycles. The second kappa shape index (κ2) is 8.81. The summed E-state index contributed by atoms with van der Waals surface area (Å²) in [7, 11) is 3.98. The van der Waals surface area contributed by atoms with Gasteiger partial charge in [0.05, 0.1) is 11.3 Å². The second-order valence-electron chi connectivity index (χ2n) is 9.81. The molecule has 180 valence electrons. The van der Waals surface area contributed by atoms with Crippen LogP contribution >= 0.6 is 0 Å². The Hall–Kier alpha value is -4.15. The van der Waals surface area contributed by atoms with E-state index in [1.165, 1.54) is 0 Å². The second-order valence-corrected chi connectivity index (χ2v) is 9.81. The molecule has 4 heterocycles. The van der Waals surface area contributed by atoms with Gasteiger partial charge in [0.1, 0.15) is 11.7 Å². The lowest BCUT2D eigenvalue weighted by molar-refractivity contribution is 0.0781. The summed E-state index contributed by atoms with van der Waals surface area (Å²) < 4.78 is 0. The number of carbonyl (C=O) groups is 1. The van der Waals surface area contributed by atoms with Crippen molar-refractivity contribution in [3.05, 3.63) is 71.5 Å². The topological polar surface area (TPSA) is 79.3 Å². The van der Waals surface area contributed by atoms with Crippen molar-refractivity contribution in [2.24, 2.45) is 0 Å². The lowest BCUT2D eigenvalue weighted by atomic mass is 9.94. The monoisotopic (exact) mass is 476 g/mol. The van der Waals surface area contributed by atoms with Gasteiger partial charge in [-0.1, -0.05) is 18.2 Å². The van der Waals surface area contributed by atoms with Crippen LogP contribution in [0.25, 0.3) is 33.3 Å². The van der Waals surface area contributed by atoms with Crippen molar-refractivity contribution in [1.29, 1.82) is 5.26 Å². The van der Waals surface area contributed by atoms with E-state index in [9.17, 15) is 10.1 Å². The zero-order valence-electron chi connectivity index (χ0n) is 20.6. The molecule has 2 aliphatic heterocycles. The molecule has 0 saturated carbocycles. The first kappa shape index (κ1) is 22.3. The maximum Gasteiger partial charge on any atom is 0.253 e. The summed E-state index contributed by atoms with van der Waals surface area (Å²) in [4.78, 5) is 26.8. The molecule has 1 amide bonds. The Morgan fingerprint density at radius 3 is 2.53 bits per heavy atom. The molecule has 1 fully saturated rings. The summed E-state index contributed by atoms with van der Waals surface area (Å²) in [6.07, 6.45) is 4.70. The van der Waals surface area contributed by atoms with E-state index >= 15 is 0 Å². The summed E-state index contributed by atoms with van der Waals surface area (Å²) in [5, 5.41) is 10.9. The van der Waals surface area contributed by atoms with E-state index in [4.69, 9.17) is 0 Å². The Kier molecular flexibility index (Phi) is 5.46. The fraction of sp³-hybridized carbons (Fsp3) is 0.276. The van der Waals surface area contributed by atoms with E-state index in [1.807, 2.05) is 37.6 Å². The average Bonchev–Trinajstić information content (AvgIpc) is 3.34. The molecule has 0 atom stereocenters. The van der Waals surface area contributed by atoms with Gasteiger partial charge in [0, 0.05) is 74.2 Å². The number of carbonyl (C=O) groups excluding carboxylic acids is 1. The first-order chi connectivity index (χ1) is 17.5. The van der Waals surface area contributed by atoms with Gasteiger partial charge in [0.2, 0.25) is 0 Å². The fourth-order valence-corrected chi connectivity index (χ4v) is 5.30. The molecule has 2 aliphatic rings. The highest BCUT2D eigenvalue weighted by Crippen LogP contribution is 2.34. The van der Waals surface area contributed by atoms with Gasteiger partial charge in [-0.15, -0.1) is 0 Å². The van der Waals surface area contributed by atoms with Gasteiger partial charge in [-0.2, -0.15) is 5.26 Å². The quantitative estimate of drug-likeness (QED) is 0.481. The number of amides is 1. The maximum atomic E-state index is 12.5. The highest BCUT2D eigenvalue weighted by Gasteiger charge is 2.22. The Morgan fingerprint density at radius 1 is 0.917 bits per heavy atom. The van der Waals surface area contributed by atoms with Crippen LogP contribution in [0.3, 0.4) is 0 Å². The number of anilines is 1. The number of likely N-dealkylation sites (N-methyl/N-ethyl adjacent to an activating group) is 2. The number of aromatic amines is 1. The molecule has 0 bridgehead atoms. The molecular weight excluding hydrogens is 448 g/mol. The molecule has 7 heteroatoms. The number of pyridine rings is 1. The van der Waals surface area contributed by atoms with Crippen LogP contribution in [0.15, 0.2) is 54.9 Å². The minimum absolute atomic E-state index is 0.0824. The number of rotatable bonds is 3. The average molecular weight is 477 g/mol. The van der Waals surface area contributed by atoms with Gasteiger partial charge in [-0.25, -0.2) is 4.98 Å². The predicted octanol–water partition coefficient (Wildman–Crippen LogP) is 4.15. The third kappa shape index (κ3) is 3.80. The summed E-state index contributed by atoms with van der Waals surface area (Å²) in [5.41, 5.74) is 8.46. The van der Waals surface area contributed by atoms with Crippen molar-refractivity contribution in [3.8, 4) is 28.3 Å². The lowest BCUT2D eigenvalue weighted by Crippen LogP contribution is -2.44. The number of hydrogen-bond donors (Lipinski definition) is 1. The molecule has 0 aliphatic carbocycles. The minimum atomic E-state index is 0.0824. The van der Waals surface area contributed by atoms with Crippen LogP contribution in [-0.4, -0.2) is 72.5 Å². The zero-order valence-corrected chi connectivity index (χ0v) is 20.6. The third-order valence-electron chi connectivity index (χ3n) is 7.54. The summed E-state index contributed by atoms with van der Waals surface area (Å²) in [5.74, 6) is 0.0824. The fourth-order valence-electron chi connectivity index (χ4n) is 5.30. The van der Waals surface area contributed by atoms with E-state index < -0.39 is 0 Å². The van der Waals surface area contributed by atoms with Crippen LogP contribution in [0.4, 0.5) is 5.69 Å². The van der Waals surface area contributed by atoms with Crippen molar-refractivity contribution in [2.75, 3.05) is 51.7 Å². The van der Waals surface area contributed by atoms with E-state index in [2.05, 4.69) is 57.2 Å². The largest absolute Gasteiger partial charge is 0.368 e. The van der Waals surface area contributed by atoms with Crippen LogP contribution in [0.5, 0.6) is 0 Å². The van der Waals surface area contributed by atoms with E-state index in [-0.39, 0.29) is 5.91 Å². The standard InChI is InChI=1S/C29H28N6O/c1-33-9-11-35(12-10-33)27-6-4-19(13-22(27)16-30)23-15-25-26(18-32-28(25)31-17-23)20-3-5-24-21(14-20)7-8-34(2)29(24)36/h3-6,13-15,17-18H,7-12H2,1-2H3,(H,31,32). The Morgan fingerprint density at radius 2 is 1.72 bits per heavy atom. The Balaban J connectivity index is 1.36. The number of hydrogen-bond acceptors (Lipinski definition) is 5. The van der Waals surface area contributed by atoms with E-state index in [0.29, 0.717) is 5.56 Å². The molecule has 2 aromatic heterocycles. The Bertz CT molecular complexity index is 1520. The molecule has 4 aromatic rings. The number of nitrogens with one attached hydrogen (secondary N) is 1. The third-order valence-corrected chi connectivity index (χ3v) is 7.54. The highest BCUT2D eigenvalue weighted by atomic mass is 16.2. The number of benzene rings is 2. The van der Waals surface area contributed by atoms with Crippen molar-refractivity contribution >= 4 is 22.6 Å². The van der Waals surface area contributed by atoms with Gasteiger partial charge in [-0.05, 0) is 54.4 Å². The van der Waals surface area contributed by atoms with Crippen LogP contribution in [-0.2, 0) is 6.42 Å². The van der Waals surface area contributed by atoms with Gasteiger partial charge in [0.25, 0.3) is 5.91 Å². The molecule has 0 unspecified atom stereocenters. The van der Waals surface area contributed by atoms with Crippen LogP contribution in [0.2, 0.25) is 0 Å². The van der Waals surface area contributed by atoms with Crippen molar-refractivity contribution in [1.82, 2.24) is 19.8 Å². The normalized spacial score (nSPS) is 16.3. The summed E-state index contributed by atoms with van der Waals surface area (Å²) >= 11 is 0. The van der Waals surface area contributed by atoms with Crippen molar-refractivity contribution < 1.29 is 4.79 Å². The molecule has 6 rings (SSSR count). The number of nitriles is 1. The molecule has 2 aromatic carbocycles. The first-order valence-electron chi connectivity index (χ1n) is 12.4. The zero-order chi connectivity index (χ0) is 24.8. The Labute approximate surface area is 210 Å². The van der Waals surface area contributed by atoms with E-state index in [1.54, 1.807) is 4.90 Å². The summed E-state index contributed by atoms with van der Waals surface area (Å²) in [6.45, 7) is 4.58.